The van der Waals surface area contributed by atoms with Gasteiger partial charge in [-0.1, -0.05) is 22.0 Å². The van der Waals surface area contributed by atoms with Gasteiger partial charge in [0.15, 0.2) is 5.82 Å². The highest BCUT2D eigenvalue weighted by molar-refractivity contribution is 9.10. The Bertz CT molecular complexity index is 985. The standard InChI is InChI=1S/C19H18BrN5O2/c1-12-9-14(20)6-7-16(12)24-18(26)11-22-19(27)15-10-23-25(13(15)2)17-5-3-4-8-21-17/h3-10H,11H2,1-2H3,(H,22,27)(H,24,26). The summed E-state index contributed by atoms with van der Waals surface area (Å²) >= 11 is 3.38. The number of nitrogens with one attached hydrogen (secondary N) is 2. The van der Waals surface area contributed by atoms with Crippen LogP contribution in [-0.2, 0) is 4.79 Å². The van der Waals surface area contributed by atoms with Crippen molar-refractivity contribution >= 4 is 33.4 Å². The molecule has 7 nitrogen and oxygen atoms in total. The first-order valence-electron chi connectivity index (χ1n) is 8.26. The monoisotopic (exact) mass is 427 g/mol. The van der Waals surface area contributed by atoms with Gasteiger partial charge in [0, 0.05) is 16.4 Å². The molecule has 0 atom stereocenters. The Hall–Kier alpha value is -3.00. The Morgan fingerprint density at radius 1 is 1.19 bits per heavy atom. The topological polar surface area (TPSA) is 88.9 Å². The summed E-state index contributed by atoms with van der Waals surface area (Å²) in [5.41, 5.74) is 2.68. The molecule has 0 radical (unpaired) electrons. The molecule has 138 valence electrons. The molecule has 2 aromatic heterocycles. The third kappa shape index (κ3) is 4.40. The summed E-state index contributed by atoms with van der Waals surface area (Å²) in [4.78, 5) is 28.8. The number of hydrogen-bond acceptors (Lipinski definition) is 4. The molecule has 0 saturated heterocycles. The molecule has 0 fully saturated rings. The molecule has 8 heteroatoms. The van der Waals surface area contributed by atoms with Crippen LogP contribution in [0.5, 0.6) is 0 Å². The summed E-state index contributed by atoms with van der Waals surface area (Å²) in [5, 5.41) is 9.62. The van der Waals surface area contributed by atoms with Crippen LogP contribution in [-0.4, -0.2) is 33.1 Å². The van der Waals surface area contributed by atoms with E-state index in [0.29, 0.717) is 22.8 Å². The minimum absolute atomic E-state index is 0.136. The molecule has 0 saturated carbocycles. The molecule has 3 aromatic rings. The summed E-state index contributed by atoms with van der Waals surface area (Å²) in [6.45, 7) is 3.54. The summed E-state index contributed by atoms with van der Waals surface area (Å²) in [7, 11) is 0. The number of aromatic nitrogens is 3. The average molecular weight is 428 g/mol. The molecule has 2 heterocycles. The van der Waals surface area contributed by atoms with Gasteiger partial charge in [0.2, 0.25) is 5.91 Å². The Balaban J connectivity index is 1.63. The molecular weight excluding hydrogens is 410 g/mol. The number of amides is 2. The van der Waals surface area contributed by atoms with E-state index in [4.69, 9.17) is 0 Å². The van der Waals surface area contributed by atoms with Crippen LogP contribution in [0.1, 0.15) is 21.6 Å². The lowest BCUT2D eigenvalue weighted by molar-refractivity contribution is -0.115. The maximum Gasteiger partial charge on any atom is 0.255 e. The van der Waals surface area contributed by atoms with E-state index in [9.17, 15) is 9.59 Å². The van der Waals surface area contributed by atoms with Crippen LogP contribution in [0.3, 0.4) is 0 Å². The summed E-state index contributed by atoms with van der Waals surface area (Å²) in [6, 6.07) is 11.0. The van der Waals surface area contributed by atoms with Crippen molar-refractivity contribution in [2.24, 2.45) is 0 Å². The van der Waals surface area contributed by atoms with Crippen molar-refractivity contribution < 1.29 is 9.59 Å². The van der Waals surface area contributed by atoms with Gasteiger partial charge in [0.25, 0.3) is 5.91 Å². The molecular formula is C19H18BrN5O2. The second kappa shape index (κ2) is 8.13. The van der Waals surface area contributed by atoms with Crippen molar-refractivity contribution in [3.8, 4) is 5.82 Å². The highest BCUT2D eigenvalue weighted by Gasteiger charge is 2.16. The number of carbonyl (C=O) groups is 2. The van der Waals surface area contributed by atoms with Gasteiger partial charge in [-0.15, -0.1) is 0 Å². The minimum atomic E-state index is -0.364. The van der Waals surface area contributed by atoms with E-state index in [-0.39, 0.29) is 18.4 Å². The van der Waals surface area contributed by atoms with Crippen LogP contribution >= 0.6 is 15.9 Å². The minimum Gasteiger partial charge on any atom is -0.343 e. The van der Waals surface area contributed by atoms with Crippen LogP contribution < -0.4 is 10.6 Å². The quantitative estimate of drug-likeness (QED) is 0.654. The lowest BCUT2D eigenvalue weighted by Crippen LogP contribution is -2.33. The molecule has 2 N–H and O–H groups in total. The first-order valence-corrected chi connectivity index (χ1v) is 9.05. The highest BCUT2D eigenvalue weighted by Crippen LogP contribution is 2.19. The lowest BCUT2D eigenvalue weighted by Gasteiger charge is -2.09. The van der Waals surface area contributed by atoms with Crippen molar-refractivity contribution in [3.05, 3.63) is 70.1 Å². The number of pyridine rings is 1. The zero-order chi connectivity index (χ0) is 19.4. The maximum absolute atomic E-state index is 12.4. The first-order chi connectivity index (χ1) is 13.0. The fourth-order valence-electron chi connectivity index (χ4n) is 2.56. The largest absolute Gasteiger partial charge is 0.343 e. The van der Waals surface area contributed by atoms with Gasteiger partial charge in [-0.2, -0.15) is 5.10 Å². The Morgan fingerprint density at radius 3 is 2.70 bits per heavy atom. The van der Waals surface area contributed by atoms with Crippen molar-refractivity contribution in [3.63, 3.8) is 0 Å². The van der Waals surface area contributed by atoms with E-state index in [1.807, 2.05) is 31.2 Å². The van der Waals surface area contributed by atoms with Gasteiger partial charge in [-0.3, -0.25) is 9.59 Å². The van der Waals surface area contributed by atoms with Gasteiger partial charge >= 0.3 is 0 Å². The molecule has 0 spiro atoms. The normalized spacial score (nSPS) is 10.5. The van der Waals surface area contributed by atoms with E-state index in [1.165, 1.54) is 6.20 Å². The number of anilines is 1. The van der Waals surface area contributed by atoms with Crippen LogP contribution in [0.15, 0.2) is 53.3 Å². The van der Waals surface area contributed by atoms with Crippen LogP contribution in [0, 0.1) is 13.8 Å². The van der Waals surface area contributed by atoms with Crippen molar-refractivity contribution in [1.29, 1.82) is 0 Å². The second-order valence-corrected chi connectivity index (χ2v) is 6.85. The third-order valence-corrected chi connectivity index (χ3v) is 4.49. The fraction of sp³-hybridized carbons (Fsp3) is 0.158. The second-order valence-electron chi connectivity index (χ2n) is 5.93. The van der Waals surface area contributed by atoms with E-state index < -0.39 is 0 Å². The number of aryl methyl sites for hydroxylation is 1. The number of nitrogens with zero attached hydrogens (tertiary/aromatic N) is 3. The van der Waals surface area contributed by atoms with Gasteiger partial charge < -0.3 is 10.6 Å². The predicted octanol–water partition coefficient (Wildman–Crippen LogP) is 3.02. The number of rotatable bonds is 5. The zero-order valence-corrected chi connectivity index (χ0v) is 16.4. The Kier molecular flexibility index (Phi) is 5.66. The molecule has 0 aliphatic carbocycles. The summed E-state index contributed by atoms with van der Waals surface area (Å²) in [5.74, 6) is -0.0431. The van der Waals surface area contributed by atoms with Gasteiger partial charge in [0.05, 0.1) is 24.0 Å². The number of carbonyl (C=O) groups excluding carboxylic acids is 2. The number of hydrogen-bond donors (Lipinski definition) is 2. The molecule has 0 bridgehead atoms. The zero-order valence-electron chi connectivity index (χ0n) is 14.9. The van der Waals surface area contributed by atoms with E-state index in [0.717, 1.165) is 10.0 Å². The van der Waals surface area contributed by atoms with Crippen LogP contribution in [0.25, 0.3) is 5.82 Å². The fourth-order valence-corrected chi connectivity index (χ4v) is 3.04. The Morgan fingerprint density at radius 2 is 2.00 bits per heavy atom. The highest BCUT2D eigenvalue weighted by atomic mass is 79.9. The van der Waals surface area contributed by atoms with Crippen molar-refractivity contribution in [2.75, 3.05) is 11.9 Å². The van der Waals surface area contributed by atoms with E-state index in [2.05, 4.69) is 36.6 Å². The van der Waals surface area contributed by atoms with E-state index >= 15 is 0 Å². The summed E-state index contributed by atoms with van der Waals surface area (Å²) in [6.07, 6.45) is 3.13. The van der Waals surface area contributed by atoms with Crippen LogP contribution in [0.4, 0.5) is 5.69 Å². The molecule has 3 rings (SSSR count). The van der Waals surface area contributed by atoms with Gasteiger partial charge in [0.1, 0.15) is 0 Å². The van der Waals surface area contributed by atoms with Crippen molar-refractivity contribution in [1.82, 2.24) is 20.1 Å². The number of benzene rings is 1. The lowest BCUT2D eigenvalue weighted by atomic mass is 10.2. The number of halogens is 1. The molecule has 2 amide bonds. The smallest absolute Gasteiger partial charge is 0.255 e. The first kappa shape index (κ1) is 18.8. The SMILES string of the molecule is Cc1cc(Br)ccc1NC(=O)CNC(=O)c1cnn(-c2ccccn2)c1C. The van der Waals surface area contributed by atoms with Gasteiger partial charge in [-0.25, -0.2) is 9.67 Å². The van der Waals surface area contributed by atoms with Crippen molar-refractivity contribution in [2.45, 2.75) is 13.8 Å². The molecule has 0 aliphatic rings. The Labute approximate surface area is 164 Å². The van der Waals surface area contributed by atoms with E-state index in [1.54, 1.807) is 29.9 Å². The predicted molar refractivity (Wildman–Crippen MR) is 106 cm³/mol. The molecule has 0 aliphatic heterocycles. The van der Waals surface area contributed by atoms with Crippen LogP contribution in [0.2, 0.25) is 0 Å². The molecule has 27 heavy (non-hydrogen) atoms. The van der Waals surface area contributed by atoms with Gasteiger partial charge in [-0.05, 0) is 49.7 Å². The molecule has 0 unspecified atom stereocenters. The maximum atomic E-state index is 12.4. The molecule has 1 aromatic carbocycles. The summed E-state index contributed by atoms with van der Waals surface area (Å²) < 4.78 is 2.52. The average Bonchev–Trinajstić information content (AvgIpc) is 3.04. The third-order valence-electron chi connectivity index (χ3n) is 3.99.